The number of hydrogen-bond acceptors (Lipinski definition) is 6. The summed E-state index contributed by atoms with van der Waals surface area (Å²) in [6.07, 6.45) is -3.19. The molecule has 0 atom stereocenters. The lowest BCUT2D eigenvalue weighted by Crippen LogP contribution is -2.17. The van der Waals surface area contributed by atoms with Gasteiger partial charge in [-0.2, -0.15) is 23.4 Å². The molecule has 0 spiro atoms. The topological polar surface area (TPSA) is 104 Å². The van der Waals surface area contributed by atoms with Gasteiger partial charge in [-0.15, -0.1) is 11.6 Å². The van der Waals surface area contributed by atoms with Gasteiger partial charge in [0.1, 0.15) is 5.88 Å². The lowest BCUT2D eigenvalue weighted by atomic mass is 10.1. The van der Waals surface area contributed by atoms with Crippen LogP contribution in [-0.4, -0.2) is 28.5 Å². The largest absolute Gasteiger partial charge is 0.471 e. The number of aromatic nitrogens is 2. The highest BCUT2D eigenvalue weighted by molar-refractivity contribution is 6.29. The van der Waals surface area contributed by atoms with Gasteiger partial charge in [0.2, 0.25) is 11.7 Å². The standard InChI is InChI=1S/C16H13ClF3N5O2/c17-6-12(26)23-11-5-9(13-24-14(27-25-13)16(18,19)20)1-2-10(11)22-8-15(7-21)3-4-15/h1-2,5,22H,3-4,6,8H2,(H,23,26). The Morgan fingerprint density at radius 2 is 2.11 bits per heavy atom. The van der Waals surface area contributed by atoms with E-state index >= 15 is 0 Å². The molecule has 0 bridgehead atoms. The maximum Gasteiger partial charge on any atom is 0.471 e. The lowest BCUT2D eigenvalue weighted by molar-refractivity contribution is -0.159. The number of amides is 1. The fourth-order valence-corrected chi connectivity index (χ4v) is 2.39. The highest BCUT2D eigenvalue weighted by Gasteiger charge is 2.43. The molecule has 3 rings (SSSR count). The molecule has 1 aliphatic rings. The number of anilines is 2. The van der Waals surface area contributed by atoms with Gasteiger partial charge in [-0.1, -0.05) is 5.16 Å². The summed E-state index contributed by atoms with van der Waals surface area (Å²) in [6.45, 7) is 0.382. The van der Waals surface area contributed by atoms with E-state index in [-0.39, 0.29) is 23.0 Å². The van der Waals surface area contributed by atoms with Crippen LogP contribution in [0.15, 0.2) is 22.7 Å². The van der Waals surface area contributed by atoms with Crippen LogP contribution >= 0.6 is 11.6 Å². The van der Waals surface area contributed by atoms with Gasteiger partial charge in [-0.3, -0.25) is 4.79 Å². The predicted octanol–water partition coefficient (Wildman–Crippen LogP) is 3.65. The van der Waals surface area contributed by atoms with Crippen molar-refractivity contribution in [2.24, 2.45) is 5.41 Å². The molecule has 1 aromatic heterocycles. The number of benzene rings is 1. The van der Waals surface area contributed by atoms with E-state index in [9.17, 15) is 18.0 Å². The van der Waals surface area contributed by atoms with Gasteiger partial charge >= 0.3 is 12.1 Å². The number of nitrogens with one attached hydrogen (secondary N) is 2. The zero-order valence-corrected chi connectivity index (χ0v) is 14.5. The highest BCUT2D eigenvalue weighted by atomic mass is 35.5. The summed E-state index contributed by atoms with van der Waals surface area (Å²) in [7, 11) is 0. The third kappa shape index (κ3) is 4.31. The third-order valence-corrected chi connectivity index (χ3v) is 4.29. The van der Waals surface area contributed by atoms with Gasteiger partial charge in [0.25, 0.3) is 0 Å². The minimum absolute atomic E-state index is 0.214. The normalized spacial score (nSPS) is 15.1. The van der Waals surface area contributed by atoms with Crippen molar-refractivity contribution in [3.05, 3.63) is 24.1 Å². The van der Waals surface area contributed by atoms with E-state index in [4.69, 9.17) is 16.9 Å². The summed E-state index contributed by atoms with van der Waals surface area (Å²) in [6, 6.07) is 6.68. The maximum atomic E-state index is 12.6. The fourth-order valence-electron chi connectivity index (χ4n) is 2.32. The van der Waals surface area contributed by atoms with Crippen LogP contribution in [-0.2, 0) is 11.0 Å². The van der Waals surface area contributed by atoms with Gasteiger partial charge in [0.05, 0.1) is 22.9 Å². The Hall–Kier alpha value is -2.80. The zero-order chi connectivity index (χ0) is 19.7. The molecule has 2 N–H and O–H groups in total. The van der Waals surface area contributed by atoms with Gasteiger partial charge in [0.15, 0.2) is 0 Å². The van der Waals surface area contributed by atoms with E-state index in [1.165, 1.54) is 12.1 Å². The summed E-state index contributed by atoms with van der Waals surface area (Å²) in [5, 5.41) is 18.1. The van der Waals surface area contributed by atoms with E-state index in [2.05, 4.69) is 31.4 Å². The number of halogens is 4. The number of nitrogens with zero attached hydrogens (tertiary/aromatic N) is 3. The molecule has 0 unspecified atom stereocenters. The van der Waals surface area contributed by atoms with Gasteiger partial charge in [-0.25, -0.2) is 0 Å². The molecule has 27 heavy (non-hydrogen) atoms. The quantitative estimate of drug-likeness (QED) is 0.718. The first-order valence-corrected chi connectivity index (χ1v) is 8.36. The summed E-state index contributed by atoms with van der Waals surface area (Å²) < 4.78 is 42.1. The van der Waals surface area contributed by atoms with Gasteiger partial charge in [0, 0.05) is 12.1 Å². The Bertz CT molecular complexity index is 902. The first kappa shape index (κ1) is 19.0. The average Bonchev–Trinajstić information content (AvgIpc) is 3.23. The monoisotopic (exact) mass is 399 g/mol. The van der Waals surface area contributed by atoms with Crippen molar-refractivity contribution >= 4 is 28.9 Å². The second kappa shape index (κ2) is 7.08. The second-order valence-electron chi connectivity index (χ2n) is 6.11. The third-order valence-electron chi connectivity index (χ3n) is 4.05. The van der Waals surface area contributed by atoms with Crippen molar-refractivity contribution < 1.29 is 22.5 Å². The van der Waals surface area contributed by atoms with Crippen molar-refractivity contribution in [2.75, 3.05) is 23.1 Å². The zero-order valence-electron chi connectivity index (χ0n) is 13.7. The highest BCUT2D eigenvalue weighted by Crippen LogP contribution is 2.45. The van der Waals surface area contributed by atoms with E-state index in [0.717, 1.165) is 12.8 Å². The molecule has 1 amide bonds. The summed E-state index contributed by atoms with van der Waals surface area (Å²) in [5.41, 5.74) is 0.566. The van der Waals surface area contributed by atoms with Crippen LogP contribution in [0.4, 0.5) is 24.5 Å². The van der Waals surface area contributed by atoms with E-state index < -0.39 is 23.4 Å². The minimum atomic E-state index is -4.75. The lowest BCUT2D eigenvalue weighted by Gasteiger charge is -2.15. The van der Waals surface area contributed by atoms with Crippen molar-refractivity contribution in [2.45, 2.75) is 19.0 Å². The molecule has 2 aromatic rings. The molecule has 0 radical (unpaired) electrons. The molecular weight excluding hydrogens is 387 g/mol. The first-order valence-electron chi connectivity index (χ1n) is 7.83. The van der Waals surface area contributed by atoms with Crippen LogP contribution in [0.25, 0.3) is 11.4 Å². The van der Waals surface area contributed by atoms with E-state index in [1.807, 2.05) is 0 Å². The molecule has 7 nitrogen and oxygen atoms in total. The van der Waals surface area contributed by atoms with Gasteiger partial charge < -0.3 is 15.2 Å². The van der Waals surface area contributed by atoms with E-state index in [1.54, 1.807) is 6.07 Å². The first-order chi connectivity index (χ1) is 12.8. The fraction of sp³-hybridized carbons (Fsp3) is 0.375. The second-order valence-corrected chi connectivity index (χ2v) is 6.38. The molecule has 1 aromatic carbocycles. The Balaban J connectivity index is 1.88. The van der Waals surface area contributed by atoms with Gasteiger partial charge in [-0.05, 0) is 31.0 Å². The molecular formula is C16H13ClF3N5O2. The Morgan fingerprint density at radius 1 is 1.37 bits per heavy atom. The molecule has 142 valence electrons. The molecule has 11 heteroatoms. The molecule has 1 fully saturated rings. The Morgan fingerprint density at radius 3 is 2.67 bits per heavy atom. The number of nitriles is 1. The van der Waals surface area contributed by atoms with Crippen molar-refractivity contribution in [3.8, 4) is 17.5 Å². The summed E-state index contributed by atoms with van der Waals surface area (Å²) >= 11 is 5.51. The van der Waals surface area contributed by atoms with Crippen molar-refractivity contribution in [1.29, 1.82) is 5.26 Å². The molecule has 1 aliphatic carbocycles. The van der Waals surface area contributed by atoms with Crippen LogP contribution in [0.1, 0.15) is 18.7 Å². The Labute approximate surface area is 156 Å². The molecule has 0 saturated heterocycles. The minimum Gasteiger partial charge on any atom is -0.382 e. The Kier molecular flexibility index (Phi) is 4.97. The number of alkyl halides is 4. The SMILES string of the molecule is N#CC1(CNc2ccc(-c3noc(C(F)(F)F)n3)cc2NC(=O)CCl)CC1. The number of carbonyl (C=O) groups is 1. The van der Waals surface area contributed by atoms with Crippen LogP contribution in [0.3, 0.4) is 0 Å². The maximum absolute atomic E-state index is 12.6. The molecule has 1 saturated carbocycles. The summed E-state index contributed by atoms with van der Waals surface area (Å²) in [4.78, 5) is 15.0. The smallest absolute Gasteiger partial charge is 0.382 e. The molecule has 0 aliphatic heterocycles. The van der Waals surface area contributed by atoms with E-state index in [0.29, 0.717) is 12.2 Å². The predicted molar refractivity (Wildman–Crippen MR) is 89.9 cm³/mol. The van der Waals surface area contributed by atoms with Crippen LogP contribution in [0.5, 0.6) is 0 Å². The number of hydrogen-bond donors (Lipinski definition) is 2. The van der Waals surface area contributed by atoms with Crippen LogP contribution in [0.2, 0.25) is 0 Å². The van der Waals surface area contributed by atoms with Crippen molar-refractivity contribution in [1.82, 2.24) is 10.1 Å². The molecule has 1 heterocycles. The van der Waals surface area contributed by atoms with Crippen LogP contribution < -0.4 is 10.6 Å². The number of rotatable bonds is 6. The average molecular weight is 400 g/mol. The van der Waals surface area contributed by atoms with Crippen LogP contribution in [0, 0.1) is 16.7 Å². The van der Waals surface area contributed by atoms with Crippen molar-refractivity contribution in [3.63, 3.8) is 0 Å². The summed E-state index contributed by atoms with van der Waals surface area (Å²) in [5.74, 6) is -2.53. The number of carbonyl (C=O) groups excluding carboxylic acids is 1.